The molecule has 0 aromatic heterocycles. The van der Waals surface area contributed by atoms with Crippen molar-refractivity contribution in [1.82, 2.24) is 9.80 Å². The lowest BCUT2D eigenvalue weighted by atomic mass is 10.1. The second-order valence-corrected chi connectivity index (χ2v) is 9.96. The molecule has 190 valence electrons. The van der Waals surface area contributed by atoms with E-state index in [9.17, 15) is 9.59 Å². The Labute approximate surface area is 210 Å². The molecule has 0 bridgehead atoms. The van der Waals surface area contributed by atoms with Gasteiger partial charge in [-0.05, 0) is 25.7 Å². The summed E-state index contributed by atoms with van der Waals surface area (Å²) >= 11 is 8.11. The van der Waals surface area contributed by atoms with Crippen molar-refractivity contribution >= 4 is 35.7 Å². The van der Waals surface area contributed by atoms with Gasteiger partial charge in [-0.15, -0.1) is 0 Å². The molecular weight excluding hydrogens is 436 g/mol. The molecule has 0 saturated heterocycles. The summed E-state index contributed by atoms with van der Waals surface area (Å²) in [5.41, 5.74) is 0. The monoisotopic (exact) mass is 488 g/mol. The Bertz CT molecular complexity index is 410. The fourth-order valence-electron chi connectivity index (χ4n) is 4.08. The minimum atomic E-state index is -0.0995. The molecule has 0 N–H and O–H groups in total. The zero-order valence-electron chi connectivity index (χ0n) is 21.2. The first-order chi connectivity index (χ1) is 15.5. The van der Waals surface area contributed by atoms with Crippen molar-refractivity contribution < 1.29 is 9.59 Å². The minimum absolute atomic E-state index is 0.0995. The summed E-state index contributed by atoms with van der Waals surface area (Å²) in [5.74, 6) is 0. The Hall–Kier alpha value is -0.360. The Morgan fingerprint density at radius 3 is 0.875 bits per heavy atom. The standard InChI is InChI=1S/C26H52N2O2S2/c1-3-5-7-9-11-13-17-21-27(25(29)31)23-19-15-16-20-24-28(26(30)32)22-18-14-12-10-8-6-4-2/h3-24H2,1-2H3,(H,29,31)(H,30,32). The molecule has 4 nitrogen and oxygen atoms in total. The first-order valence-corrected chi connectivity index (χ1v) is 14.4. The van der Waals surface area contributed by atoms with Gasteiger partial charge in [0.15, 0.2) is 0 Å². The summed E-state index contributed by atoms with van der Waals surface area (Å²) in [6.45, 7) is 7.73. The van der Waals surface area contributed by atoms with E-state index in [0.29, 0.717) is 0 Å². The zero-order valence-corrected chi connectivity index (χ0v) is 23.0. The maximum atomic E-state index is 11.8. The SMILES string of the molecule is CCCCCCCCCN(CCCCCCN(CCCCCCCCC)C(=O)S)C(=O)S. The molecule has 0 spiro atoms. The third-order valence-electron chi connectivity index (χ3n) is 6.21. The van der Waals surface area contributed by atoms with Gasteiger partial charge in [0.2, 0.25) is 0 Å². The zero-order chi connectivity index (χ0) is 23.9. The van der Waals surface area contributed by atoms with Crippen molar-refractivity contribution in [3.8, 4) is 0 Å². The summed E-state index contributed by atoms with van der Waals surface area (Å²) < 4.78 is 0. The van der Waals surface area contributed by atoms with E-state index in [1.165, 1.54) is 77.0 Å². The maximum absolute atomic E-state index is 11.8. The molecule has 2 amide bonds. The molecule has 0 aliphatic carbocycles. The summed E-state index contributed by atoms with van der Waals surface area (Å²) in [6.07, 6.45) is 21.8. The van der Waals surface area contributed by atoms with E-state index in [-0.39, 0.29) is 10.5 Å². The fourth-order valence-corrected chi connectivity index (χ4v) is 4.48. The van der Waals surface area contributed by atoms with E-state index in [1.54, 1.807) is 0 Å². The molecule has 0 aromatic rings. The van der Waals surface area contributed by atoms with Gasteiger partial charge in [-0.1, -0.05) is 129 Å². The molecule has 0 radical (unpaired) electrons. The summed E-state index contributed by atoms with van der Waals surface area (Å²) in [6, 6.07) is 0. The van der Waals surface area contributed by atoms with Crippen LogP contribution >= 0.6 is 25.3 Å². The van der Waals surface area contributed by atoms with Gasteiger partial charge >= 0.3 is 0 Å². The lowest BCUT2D eigenvalue weighted by molar-refractivity contribution is 0.217. The van der Waals surface area contributed by atoms with Gasteiger partial charge in [0, 0.05) is 26.2 Å². The third-order valence-corrected chi connectivity index (χ3v) is 6.78. The number of rotatable bonds is 23. The lowest BCUT2D eigenvalue weighted by Crippen LogP contribution is -2.29. The predicted octanol–water partition coefficient (Wildman–Crippen LogP) is 8.75. The highest BCUT2D eigenvalue weighted by Crippen LogP contribution is 2.12. The van der Waals surface area contributed by atoms with Crippen molar-refractivity contribution in [3.63, 3.8) is 0 Å². The summed E-state index contributed by atoms with van der Waals surface area (Å²) in [4.78, 5) is 27.3. The number of thiol groups is 2. The van der Waals surface area contributed by atoms with E-state index in [1.807, 2.05) is 9.80 Å². The van der Waals surface area contributed by atoms with E-state index in [2.05, 4.69) is 39.1 Å². The number of carbonyl (C=O) groups is 2. The number of amides is 2. The molecule has 0 aliphatic rings. The first-order valence-electron chi connectivity index (χ1n) is 13.5. The quantitative estimate of drug-likeness (QED) is 0.111. The Kier molecular flexibility index (Phi) is 23.5. The molecule has 0 aromatic carbocycles. The van der Waals surface area contributed by atoms with E-state index < -0.39 is 0 Å². The highest BCUT2D eigenvalue weighted by atomic mass is 32.1. The Morgan fingerprint density at radius 1 is 0.438 bits per heavy atom. The molecule has 0 aliphatic heterocycles. The van der Waals surface area contributed by atoms with E-state index in [0.717, 1.165) is 64.7 Å². The van der Waals surface area contributed by atoms with Gasteiger partial charge in [0.1, 0.15) is 0 Å². The highest BCUT2D eigenvalue weighted by molar-refractivity contribution is 7.96. The second-order valence-electron chi connectivity index (χ2n) is 9.20. The highest BCUT2D eigenvalue weighted by Gasteiger charge is 2.10. The second kappa shape index (κ2) is 23.8. The van der Waals surface area contributed by atoms with Crippen LogP contribution < -0.4 is 0 Å². The van der Waals surface area contributed by atoms with Crippen LogP contribution in [-0.4, -0.2) is 46.5 Å². The van der Waals surface area contributed by atoms with Crippen molar-refractivity contribution in [2.24, 2.45) is 0 Å². The average Bonchev–Trinajstić information content (AvgIpc) is 2.76. The molecule has 0 atom stereocenters. The molecular formula is C26H52N2O2S2. The average molecular weight is 489 g/mol. The van der Waals surface area contributed by atoms with Crippen molar-refractivity contribution in [2.45, 2.75) is 129 Å². The van der Waals surface area contributed by atoms with Gasteiger partial charge in [-0.25, -0.2) is 0 Å². The number of hydrogen-bond donors (Lipinski definition) is 2. The van der Waals surface area contributed by atoms with Crippen molar-refractivity contribution in [3.05, 3.63) is 0 Å². The molecule has 0 unspecified atom stereocenters. The van der Waals surface area contributed by atoms with E-state index in [4.69, 9.17) is 0 Å². The van der Waals surface area contributed by atoms with Crippen LogP contribution in [0.2, 0.25) is 0 Å². The van der Waals surface area contributed by atoms with Gasteiger partial charge in [-0.3, -0.25) is 9.59 Å². The van der Waals surface area contributed by atoms with Crippen LogP contribution in [0.15, 0.2) is 0 Å². The smallest absolute Gasteiger partial charge is 0.278 e. The first kappa shape index (κ1) is 31.6. The molecule has 0 saturated carbocycles. The van der Waals surface area contributed by atoms with Gasteiger partial charge in [0.25, 0.3) is 10.5 Å². The Balaban J connectivity index is 3.80. The lowest BCUT2D eigenvalue weighted by Gasteiger charge is -2.21. The van der Waals surface area contributed by atoms with Crippen LogP contribution in [-0.2, 0) is 0 Å². The van der Waals surface area contributed by atoms with Crippen LogP contribution in [0, 0.1) is 0 Å². The third kappa shape index (κ3) is 20.3. The van der Waals surface area contributed by atoms with Crippen LogP contribution in [0.3, 0.4) is 0 Å². The van der Waals surface area contributed by atoms with Crippen LogP contribution in [0.4, 0.5) is 9.59 Å². The molecule has 32 heavy (non-hydrogen) atoms. The number of unbranched alkanes of at least 4 members (excludes halogenated alkanes) is 15. The largest absolute Gasteiger partial charge is 0.334 e. The van der Waals surface area contributed by atoms with Crippen LogP contribution in [0.5, 0.6) is 0 Å². The normalized spacial score (nSPS) is 11.0. The molecule has 6 heteroatoms. The van der Waals surface area contributed by atoms with Crippen molar-refractivity contribution in [1.29, 1.82) is 0 Å². The van der Waals surface area contributed by atoms with E-state index >= 15 is 0 Å². The molecule has 0 fully saturated rings. The van der Waals surface area contributed by atoms with Gasteiger partial charge in [-0.2, -0.15) is 0 Å². The summed E-state index contributed by atoms with van der Waals surface area (Å²) in [7, 11) is 0. The topological polar surface area (TPSA) is 40.6 Å². The Morgan fingerprint density at radius 2 is 0.656 bits per heavy atom. The number of nitrogens with zero attached hydrogens (tertiary/aromatic N) is 2. The van der Waals surface area contributed by atoms with Crippen molar-refractivity contribution in [2.75, 3.05) is 26.2 Å². The maximum Gasteiger partial charge on any atom is 0.278 e. The summed E-state index contributed by atoms with van der Waals surface area (Å²) in [5, 5.41) is -0.199. The minimum Gasteiger partial charge on any atom is -0.334 e. The van der Waals surface area contributed by atoms with Gasteiger partial charge < -0.3 is 9.80 Å². The van der Waals surface area contributed by atoms with Crippen LogP contribution in [0.1, 0.15) is 129 Å². The fraction of sp³-hybridized carbons (Fsp3) is 0.923. The predicted molar refractivity (Wildman–Crippen MR) is 146 cm³/mol. The number of hydrogen-bond acceptors (Lipinski definition) is 2. The molecule has 0 heterocycles. The molecule has 0 rings (SSSR count). The van der Waals surface area contributed by atoms with Gasteiger partial charge in [0.05, 0.1) is 0 Å². The van der Waals surface area contributed by atoms with Crippen LogP contribution in [0.25, 0.3) is 0 Å². The number of carbonyl (C=O) groups excluding carboxylic acids is 2.